The molecular weight excluding hydrogens is 184 g/mol. The predicted octanol–water partition coefficient (Wildman–Crippen LogP) is 1.36. The number of carboxylic acid groups (broad SMARTS) is 1. The molecule has 0 bridgehead atoms. The molecule has 1 atom stereocenters. The summed E-state index contributed by atoms with van der Waals surface area (Å²) < 4.78 is 4.59. The molecule has 1 unspecified atom stereocenters. The van der Waals surface area contributed by atoms with Gasteiger partial charge in [-0.25, -0.2) is 4.79 Å². The maximum atomic E-state index is 11.2. The van der Waals surface area contributed by atoms with Crippen LogP contribution in [0.5, 0.6) is 0 Å². The van der Waals surface area contributed by atoms with Crippen molar-refractivity contribution in [1.29, 1.82) is 0 Å². The van der Waals surface area contributed by atoms with E-state index in [0.717, 1.165) is 0 Å². The number of carboxylic acids is 1. The third kappa shape index (κ3) is 2.58. The van der Waals surface area contributed by atoms with Crippen molar-refractivity contribution < 1.29 is 19.4 Å². The summed E-state index contributed by atoms with van der Waals surface area (Å²) in [5, 5.41) is 8.81. The van der Waals surface area contributed by atoms with Crippen molar-refractivity contribution in [2.75, 3.05) is 7.11 Å². The highest BCUT2D eigenvalue weighted by atomic mass is 16.5. The first kappa shape index (κ1) is 10.8. The van der Waals surface area contributed by atoms with E-state index in [0.29, 0.717) is 31.3 Å². The van der Waals surface area contributed by atoms with Crippen molar-refractivity contribution in [3.05, 3.63) is 11.6 Å². The third-order valence-corrected chi connectivity index (χ3v) is 2.46. The molecule has 0 aromatic heterocycles. The molecule has 4 heteroatoms. The molecule has 78 valence electrons. The van der Waals surface area contributed by atoms with E-state index < -0.39 is 5.97 Å². The van der Waals surface area contributed by atoms with Crippen LogP contribution in [0.1, 0.15) is 25.7 Å². The topological polar surface area (TPSA) is 63.6 Å². The number of hydrogen-bond donors (Lipinski definition) is 1. The Balaban J connectivity index is 2.57. The largest absolute Gasteiger partial charge is 0.481 e. The molecule has 0 saturated carbocycles. The van der Waals surface area contributed by atoms with Crippen molar-refractivity contribution in [2.45, 2.75) is 25.7 Å². The summed E-state index contributed by atoms with van der Waals surface area (Å²) in [6.07, 6.45) is 4.06. The summed E-state index contributed by atoms with van der Waals surface area (Å²) in [5.41, 5.74) is 0.608. The van der Waals surface area contributed by atoms with E-state index in [-0.39, 0.29) is 11.9 Å². The molecule has 0 aromatic rings. The number of aliphatic carboxylic acids is 1. The minimum absolute atomic E-state index is 0.326. The highest BCUT2D eigenvalue weighted by molar-refractivity contribution is 5.88. The van der Waals surface area contributed by atoms with E-state index in [9.17, 15) is 9.59 Å². The lowest BCUT2D eigenvalue weighted by molar-refractivity contribution is -0.142. The van der Waals surface area contributed by atoms with Crippen LogP contribution >= 0.6 is 0 Å². The standard InChI is InChI=1S/C10H14O4/c1-14-10(13)8-4-2-3-7(5-6-8)9(11)12/h4,7H,2-3,5-6H2,1H3,(H,11,12). The number of esters is 1. The normalized spacial score (nSPS) is 22.1. The van der Waals surface area contributed by atoms with E-state index in [1.807, 2.05) is 0 Å². The molecule has 0 radical (unpaired) electrons. The maximum absolute atomic E-state index is 11.2. The highest BCUT2D eigenvalue weighted by Crippen LogP contribution is 2.23. The van der Waals surface area contributed by atoms with E-state index in [4.69, 9.17) is 5.11 Å². The Labute approximate surface area is 82.6 Å². The van der Waals surface area contributed by atoms with Gasteiger partial charge in [0.25, 0.3) is 0 Å². The van der Waals surface area contributed by atoms with Crippen LogP contribution in [0.4, 0.5) is 0 Å². The summed E-state index contributed by atoms with van der Waals surface area (Å²) in [6.45, 7) is 0. The summed E-state index contributed by atoms with van der Waals surface area (Å²) >= 11 is 0. The quantitative estimate of drug-likeness (QED) is 0.680. The number of ether oxygens (including phenoxy) is 1. The summed E-state index contributed by atoms with van der Waals surface area (Å²) in [5.74, 6) is -1.44. The Hall–Kier alpha value is -1.32. The Bertz CT molecular complexity index is 267. The molecule has 1 aliphatic carbocycles. The Morgan fingerprint density at radius 1 is 1.50 bits per heavy atom. The minimum atomic E-state index is -0.774. The lowest BCUT2D eigenvalue weighted by atomic mass is 10.00. The molecule has 0 aliphatic heterocycles. The molecule has 4 nitrogen and oxygen atoms in total. The van der Waals surface area contributed by atoms with Crippen molar-refractivity contribution >= 4 is 11.9 Å². The van der Waals surface area contributed by atoms with Crippen molar-refractivity contribution in [2.24, 2.45) is 5.92 Å². The SMILES string of the molecule is COC(=O)C1=CCCC(C(=O)O)CC1. The smallest absolute Gasteiger partial charge is 0.333 e. The average Bonchev–Trinajstić information content (AvgIpc) is 2.41. The zero-order chi connectivity index (χ0) is 10.6. The molecule has 1 aliphatic rings. The van der Waals surface area contributed by atoms with Crippen LogP contribution in [0.15, 0.2) is 11.6 Å². The second kappa shape index (κ2) is 4.79. The second-order valence-corrected chi connectivity index (χ2v) is 3.37. The molecule has 1 N–H and O–H groups in total. The lowest BCUT2D eigenvalue weighted by Crippen LogP contribution is -2.13. The Morgan fingerprint density at radius 2 is 2.21 bits per heavy atom. The van der Waals surface area contributed by atoms with Gasteiger partial charge in [-0.15, -0.1) is 0 Å². The molecule has 0 fully saturated rings. The predicted molar refractivity (Wildman–Crippen MR) is 49.7 cm³/mol. The first-order chi connectivity index (χ1) is 6.65. The minimum Gasteiger partial charge on any atom is -0.481 e. The van der Waals surface area contributed by atoms with Gasteiger partial charge in [-0.05, 0) is 25.7 Å². The number of rotatable bonds is 2. The van der Waals surface area contributed by atoms with E-state index in [2.05, 4.69) is 4.74 Å². The zero-order valence-corrected chi connectivity index (χ0v) is 8.16. The van der Waals surface area contributed by atoms with E-state index >= 15 is 0 Å². The second-order valence-electron chi connectivity index (χ2n) is 3.37. The lowest BCUT2D eigenvalue weighted by Gasteiger charge is -2.07. The van der Waals surface area contributed by atoms with Crippen LogP contribution in [-0.4, -0.2) is 24.2 Å². The molecule has 0 spiro atoms. The van der Waals surface area contributed by atoms with E-state index in [1.54, 1.807) is 6.08 Å². The molecule has 14 heavy (non-hydrogen) atoms. The van der Waals surface area contributed by atoms with Gasteiger partial charge >= 0.3 is 11.9 Å². The number of carbonyl (C=O) groups excluding carboxylic acids is 1. The van der Waals surface area contributed by atoms with Gasteiger partial charge in [0, 0.05) is 5.57 Å². The number of methoxy groups -OCH3 is 1. The van der Waals surface area contributed by atoms with Gasteiger partial charge in [0.1, 0.15) is 0 Å². The Morgan fingerprint density at radius 3 is 2.79 bits per heavy atom. The van der Waals surface area contributed by atoms with Gasteiger partial charge in [0.2, 0.25) is 0 Å². The monoisotopic (exact) mass is 198 g/mol. The van der Waals surface area contributed by atoms with Gasteiger partial charge in [-0.3, -0.25) is 4.79 Å². The van der Waals surface area contributed by atoms with Crippen LogP contribution in [0, 0.1) is 5.92 Å². The van der Waals surface area contributed by atoms with Crippen molar-refractivity contribution in [1.82, 2.24) is 0 Å². The fraction of sp³-hybridized carbons (Fsp3) is 0.600. The fourth-order valence-corrected chi connectivity index (χ4v) is 1.60. The summed E-state index contributed by atoms with van der Waals surface area (Å²) in [4.78, 5) is 21.9. The van der Waals surface area contributed by atoms with E-state index in [1.165, 1.54) is 7.11 Å². The Kier molecular flexibility index (Phi) is 3.68. The summed E-state index contributed by atoms with van der Waals surface area (Å²) in [7, 11) is 1.34. The zero-order valence-electron chi connectivity index (χ0n) is 8.16. The van der Waals surface area contributed by atoms with Crippen LogP contribution in [0.25, 0.3) is 0 Å². The van der Waals surface area contributed by atoms with Crippen LogP contribution in [0.2, 0.25) is 0 Å². The fourth-order valence-electron chi connectivity index (χ4n) is 1.60. The molecule has 0 aromatic carbocycles. The molecule has 0 saturated heterocycles. The van der Waals surface area contributed by atoms with Gasteiger partial charge in [-0.1, -0.05) is 6.08 Å². The molecule has 0 heterocycles. The van der Waals surface area contributed by atoms with Crippen LogP contribution in [0.3, 0.4) is 0 Å². The van der Waals surface area contributed by atoms with Crippen LogP contribution < -0.4 is 0 Å². The number of hydrogen-bond acceptors (Lipinski definition) is 3. The highest BCUT2D eigenvalue weighted by Gasteiger charge is 2.22. The van der Waals surface area contributed by atoms with Crippen molar-refractivity contribution in [3.63, 3.8) is 0 Å². The van der Waals surface area contributed by atoms with Gasteiger partial charge < -0.3 is 9.84 Å². The summed E-state index contributed by atoms with van der Waals surface area (Å²) in [6, 6.07) is 0. The maximum Gasteiger partial charge on any atom is 0.333 e. The molecular formula is C10H14O4. The molecule has 0 amide bonds. The molecule has 1 rings (SSSR count). The van der Waals surface area contributed by atoms with Crippen LogP contribution in [-0.2, 0) is 14.3 Å². The average molecular weight is 198 g/mol. The van der Waals surface area contributed by atoms with Gasteiger partial charge in [-0.2, -0.15) is 0 Å². The van der Waals surface area contributed by atoms with Gasteiger partial charge in [0.15, 0.2) is 0 Å². The first-order valence-corrected chi connectivity index (χ1v) is 4.65. The first-order valence-electron chi connectivity index (χ1n) is 4.65. The van der Waals surface area contributed by atoms with Crippen molar-refractivity contribution in [3.8, 4) is 0 Å². The third-order valence-electron chi connectivity index (χ3n) is 2.46. The van der Waals surface area contributed by atoms with Gasteiger partial charge in [0.05, 0.1) is 13.0 Å². The number of carbonyl (C=O) groups is 2. The number of allylic oxidation sites excluding steroid dienone is 1.